The highest BCUT2D eigenvalue weighted by Crippen LogP contribution is 2.35. The van der Waals surface area contributed by atoms with E-state index >= 15 is 0 Å². The number of alkyl halides is 3. The van der Waals surface area contributed by atoms with Crippen LogP contribution in [0.25, 0.3) is 0 Å². The Morgan fingerprint density at radius 1 is 1.17 bits per heavy atom. The zero-order valence-corrected chi connectivity index (χ0v) is 14.2. The lowest BCUT2D eigenvalue weighted by atomic mass is 9.87. The first-order valence-electron chi connectivity index (χ1n) is 6.97. The van der Waals surface area contributed by atoms with E-state index in [4.69, 9.17) is 0 Å². The quantitative estimate of drug-likeness (QED) is 0.629. The summed E-state index contributed by atoms with van der Waals surface area (Å²) >= 11 is -1.75. The van der Waals surface area contributed by atoms with Crippen molar-refractivity contribution in [1.29, 1.82) is 0 Å². The van der Waals surface area contributed by atoms with Crippen molar-refractivity contribution in [2.24, 2.45) is 0 Å². The number of hydrogen-bond donors (Lipinski definition) is 2. The third kappa shape index (κ3) is 5.34. The van der Waals surface area contributed by atoms with Gasteiger partial charge in [-0.15, -0.1) is 4.72 Å². The molecule has 0 aliphatic carbocycles. The monoisotopic (exact) mass is 355 g/mol. The lowest BCUT2D eigenvalue weighted by Gasteiger charge is -2.36. The fraction of sp³-hybridized carbons (Fsp3) is 0.600. The highest BCUT2D eigenvalue weighted by Gasteiger charge is 2.47. The Morgan fingerprint density at radius 2 is 1.70 bits per heavy atom. The molecule has 0 unspecified atom stereocenters. The first kappa shape index (κ1) is 20.2. The lowest BCUT2D eigenvalue weighted by molar-refractivity contribution is -0.209. The standard InChI is InChI=1S/C15H21F4NO2S/c1-13(2,3)23(22)20-14(4,9-12(21)15(17,18)19)10-7-5-6-8-11(10)16/h5-8,12,20-21H,9H2,1-4H3/t12-,14-,23+/m0/s1. The average Bonchev–Trinajstić information content (AvgIpc) is 2.36. The normalized spacial score (nSPS) is 18.3. The number of aliphatic hydroxyl groups excluding tert-OH is 1. The van der Waals surface area contributed by atoms with Crippen LogP contribution in [-0.4, -0.2) is 26.7 Å². The van der Waals surface area contributed by atoms with Crippen molar-refractivity contribution in [2.45, 2.75) is 56.7 Å². The maximum Gasteiger partial charge on any atom is 0.414 e. The van der Waals surface area contributed by atoms with Crippen LogP contribution in [-0.2, 0) is 16.9 Å². The molecule has 8 heteroatoms. The molecule has 0 heterocycles. The van der Waals surface area contributed by atoms with E-state index in [-0.39, 0.29) is 5.56 Å². The number of rotatable bonds is 5. The molecule has 0 aliphatic heterocycles. The SMILES string of the molecule is CC(C)(C)[S@@+]([O-])N[C@@](C)(C[C@H](O)C(F)(F)F)c1ccccc1F. The summed E-state index contributed by atoms with van der Waals surface area (Å²) in [6.45, 7) is 6.21. The maximum absolute atomic E-state index is 14.1. The van der Waals surface area contributed by atoms with Crippen molar-refractivity contribution in [3.63, 3.8) is 0 Å². The maximum atomic E-state index is 14.1. The smallest absolute Gasteiger partial charge is 0.414 e. The molecule has 132 valence electrons. The molecule has 1 rings (SSSR count). The molecule has 0 spiro atoms. The zero-order chi connectivity index (χ0) is 18.1. The van der Waals surface area contributed by atoms with Crippen molar-refractivity contribution in [2.75, 3.05) is 0 Å². The number of halogens is 4. The van der Waals surface area contributed by atoms with Gasteiger partial charge in [-0.2, -0.15) is 13.2 Å². The minimum absolute atomic E-state index is 0.0825. The van der Waals surface area contributed by atoms with E-state index < -0.39 is 46.2 Å². The second kappa shape index (κ2) is 6.96. The van der Waals surface area contributed by atoms with Gasteiger partial charge in [-0.3, -0.25) is 0 Å². The van der Waals surface area contributed by atoms with Crippen molar-refractivity contribution >= 4 is 11.4 Å². The van der Waals surface area contributed by atoms with Crippen LogP contribution in [0.1, 0.15) is 39.7 Å². The molecule has 0 radical (unpaired) electrons. The van der Waals surface area contributed by atoms with E-state index in [1.165, 1.54) is 25.1 Å². The minimum Gasteiger partial charge on any atom is -0.598 e. The Bertz CT molecular complexity index is 509. The second-order valence-electron chi connectivity index (χ2n) is 6.56. The fourth-order valence-electron chi connectivity index (χ4n) is 1.98. The Balaban J connectivity index is 3.23. The Labute approximate surface area is 136 Å². The Kier molecular flexibility index (Phi) is 6.12. The summed E-state index contributed by atoms with van der Waals surface area (Å²) in [6.07, 6.45) is -8.38. The van der Waals surface area contributed by atoms with Gasteiger partial charge in [0.25, 0.3) is 0 Å². The summed E-state index contributed by atoms with van der Waals surface area (Å²) in [7, 11) is 0. The van der Waals surface area contributed by atoms with E-state index in [2.05, 4.69) is 4.72 Å². The van der Waals surface area contributed by atoms with Crippen LogP contribution >= 0.6 is 0 Å². The topological polar surface area (TPSA) is 55.3 Å². The van der Waals surface area contributed by atoms with Gasteiger partial charge in [-0.1, -0.05) is 18.2 Å². The molecule has 0 aliphatic rings. The van der Waals surface area contributed by atoms with Crippen LogP contribution in [0.5, 0.6) is 0 Å². The first-order chi connectivity index (χ1) is 10.3. The van der Waals surface area contributed by atoms with Crippen LogP contribution in [0.15, 0.2) is 24.3 Å². The van der Waals surface area contributed by atoms with Crippen LogP contribution in [0.3, 0.4) is 0 Å². The van der Waals surface area contributed by atoms with Gasteiger partial charge >= 0.3 is 6.18 Å². The summed E-state index contributed by atoms with van der Waals surface area (Å²) < 4.78 is 66.3. The molecule has 3 atom stereocenters. The third-order valence-corrected chi connectivity index (χ3v) is 5.07. The van der Waals surface area contributed by atoms with Crippen LogP contribution < -0.4 is 4.72 Å². The van der Waals surface area contributed by atoms with Gasteiger partial charge in [-0.05, 0) is 33.8 Å². The predicted molar refractivity (Wildman–Crippen MR) is 81.5 cm³/mol. The van der Waals surface area contributed by atoms with Gasteiger partial charge in [0.15, 0.2) is 6.10 Å². The lowest BCUT2D eigenvalue weighted by Crippen LogP contribution is -2.52. The summed E-state index contributed by atoms with van der Waals surface area (Å²) in [6, 6.07) is 5.29. The van der Waals surface area contributed by atoms with Crippen molar-refractivity contribution in [3.8, 4) is 0 Å². The molecule has 0 fully saturated rings. The molecule has 0 saturated heterocycles. The highest BCUT2D eigenvalue weighted by molar-refractivity contribution is 7.90. The molecule has 0 aromatic heterocycles. The number of nitrogens with one attached hydrogen (secondary N) is 1. The number of benzene rings is 1. The second-order valence-corrected chi connectivity index (χ2v) is 8.52. The number of aliphatic hydroxyl groups is 1. The van der Waals surface area contributed by atoms with E-state index in [0.29, 0.717) is 0 Å². The van der Waals surface area contributed by atoms with Crippen LogP contribution in [0, 0.1) is 5.82 Å². The Morgan fingerprint density at radius 3 is 2.13 bits per heavy atom. The molecule has 23 heavy (non-hydrogen) atoms. The van der Waals surface area contributed by atoms with Gasteiger partial charge in [0.1, 0.15) is 10.6 Å². The highest BCUT2D eigenvalue weighted by atomic mass is 32.2. The Hall–Kier alpha value is -0.830. The molecular formula is C15H21F4NO2S. The van der Waals surface area contributed by atoms with Gasteiger partial charge in [0.05, 0.1) is 5.54 Å². The number of hydrogen-bond acceptors (Lipinski definition) is 3. The van der Waals surface area contributed by atoms with E-state index in [1.54, 1.807) is 20.8 Å². The molecular weight excluding hydrogens is 334 g/mol. The molecule has 2 N–H and O–H groups in total. The first-order valence-corrected chi connectivity index (χ1v) is 8.12. The largest absolute Gasteiger partial charge is 0.598 e. The summed E-state index contributed by atoms with van der Waals surface area (Å²) in [5.41, 5.74) is -1.74. The van der Waals surface area contributed by atoms with Gasteiger partial charge in [0.2, 0.25) is 0 Å². The third-order valence-electron chi connectivity index (χ3n) is 3.32. The zero-order valence-electron chi connectivity index (χ0n) is 13.4. The minimum atomic E-state index is -4.85. The molecule has 1 aromatic carbocycles. The van der Waals surface area contributed by atoms with Crippen LogP contribution in [0.4, 0.5) is 17.6 Å². The van der Waals surface area contributed by atoms with Gasteiger partial charge < -0.3 is 9.66 Å². The van der Waals surface area contributed by atoms with Gasteiger partial charge in [-0.25, -0.2) is 4.39 Å². The average molecular weight is 355 g/mol. The molecule has 3 nitrogen and oxygen atoms in total. The van der Waals surface area contributed by atoms with Crippen molar-refractivity contribution < 1.29 is 27.2 Å². The summed E-state index contributed by atoms with van der Waals surface area (Å²) in [5.74, 6) is -0.734. The van der Waals surface area contributed by atoms with Crippen molar-refractivity contribution in [3.05, 3.63) is 35.6 Å². The van der Waals surface area contributed by atoms with E-state index in [1.807, 2.05) is 0 Å². The predicted octanol–water partition coefficient (Wildman–Crippen LogP) is 3.41. The molecule has 0 amide bonds. The van der Waals surface area contributed by atoms with Crippen LogP contribution in [0.2, 0.25) is 0 Å². The molecule has 0 saturated carbocycles. The van der Waals surface area contributed by atoms with Crippen molar-refractivity contribution in [1.82, 2.24) is 4.72 Å². The van der Waals surface area contributed by atoms with E-state index in [0.717, 1.165) is 6.07 Å². The van der Waals surface area contributed by atoms with Gasteiger partial charge in [0, 0.05) is 23.3 Å². The summed E-state index contributed by atoms with van der Waals surface area (Å²) in [4.78, 5) is 0. The fourth-order valence-corrected chi connectivity index (χ4v) is 2.88. The molecule has 1 aromatic rings. The summed E-state index contributed by atoms with van der Waals surface area (Å²) in [5, 5.41) is 9.40. The van der Waals surface area contributed by atoms with E-state index in [9.17, 15) is 27.2 Å². The molecule has 0 bridgehead atoms.